The van der Waals surface area contributed by atoms with Crippen LogP contribution in [0, 0.1) is 5.82 Å². The summed E-state index contributed by atoms with van der Waals surface area (Å²) < 4.78 is 19.0. The van der Waals surface area contributed by atoms with E-state index in [-0.39, 0.29) is 5.82 Å². The van der Waals surface area contributed by atoms with Gasteiger partial charge in [-0.05, 0) is 37.9 Å². The fraction of sp³-hybridized carbons (Fsp3) is 0.455. The molecule has 0 saturated carbocycles. The van der Waals surface area contributed by atoms with Gasteiger partial charge in [0.15, 0.2) is 0 Å². The first-order valence-electron chi connectivity index (χ1n) is 4.78. The molecule has 0 bridgehead atoms. The normalized spacial score (nSPS) is 10.4. The van der Waals surface area contributed by atoms with Gasteiger partial charge in [-0.15, -0.1) is 11.8 Å². The maximum atomic E-state index is 13.9. The van der Waals surface area contributed by atoms with Crippen LogP contribution in [0.15, 0.2) is 17.0 Å². The summed E-state index contributed by atoms with van der Waals surface area (Å²) in [5, 5.41) is 3.00. The van der Waals surface area contributed by atoms with Crippen molar-refractivity contribution in [1.82, 2.24) is 5.32 Å². The lowest BCUT2D eigenvalue weighted by molar-refractivity contribution is 0.396. The molecule has 15 heavy (non-hydrogen) atoms. The van der Waals surface area contributed by atoms with Gasteiger partial charge in [0.1, 0.15) is 11.6 Å². The van der Waals surface area contributed by atoms with Crippen LogP contribution in [0.5, 0.6) is 5.75 Å². The number of hydrogen-bond donors (Lipinski definition) is 1. The Hall–Kier alpha value is -0.740. The molecular formula is C11H16FNOS. The minimum atomic E-state index is -0.155. The van der Waals surface area contributed by atoms with Crippen molar-refractivity contribution in [3.8, 4) is 5.75 Å². The Labute approximate surface area is 94.2 Å². The molecule has 2 nitrogen and oxygen atoms in total. The second-order valence-corrected chi connectivity index (χ2v) is 3.94. The highest BCUT2D eigenvalue weighted by Gasteiger charge is 2.12. The van der Waals surface area contributed by atoms with Crippen LogP contribution < -0.4 is 10.1 Å². The third kappa shape index (κ3) is 2.86. The van der Waals surface area contributed by atoms with Gasteiger partial charge in [0.05, 0.1) is 12.0 Å². The highest BCUT2D eigenvalue weighted by Crippen LogP contribution is 2.32. The molecule has 0 aliphatic carbocycles. The van der Waals surface area contributed by atoms with Crippen LogP contribution in [-0.4, -0.2) is 27.0 Å². The van der Waals surface area contributed by atoms with E-state index in [1.807, 2.05) is 19.4 Å². The van der Waals surface area contributed by atoms with Gasteiger partial charge in [-0.25, -0.2) is 4.39 Å². The van der Waals surface area contributed by atoms with Crippen LogP contribution in [0.25, 0.3) is 0 Å². The number of benzene rings is 1. The number of ether oxygens (including phenoxy) is 1. The minimum absolute atomic E-state index is 0.155. The van der Waals surface area contributed by atoms with Crippen LogP contribution in [0.3, 0.4) is 0 Å². The van der Waals surface area contributed by atoms with Crippen LogP contribution in [0.1, 0.15) is 5.56 Å². The molecule has 4 heteroatoms. The van der Waals surface area contributed by atoms with Crippen molar-refractivity contribution in [1.29, 1.82) is 0 Å². The van der Waals surface area contributed by atoms with Crippen LogP contribution in [0.4, 0.5) is 4.39 Å². The van der Waals surface area contributed by atoms with Crippen molar-refractivity contribution >= 4 is 11.8 Å². The summed E-state index contributed by atoms with van der Waals surface area (Å²) in [6, 6.07) is 3.60. The van der Waals surface area contributed by atoms with Gasteiger partial charge >= 0.3 is 0 Å². The Morgan fingerprint density at radius 1 is 1.47 bits per heavy atom. The molecule has 0 atom stereocenters. The summed E-state index contributed by atoms with van der Waals surface area (Å²) in [4.78, 5) is 0.589. The molecule has 0 aliphatic heterocycles. The monoisotopic (exact) mass is 229 g/mol. The smallest absolute Gasteiger partial charge is 0.143 e. The summed E-state index contributed by atoms with van der Waals surface area (Å²) in [5.41, 5.74) is 0.731. The van der Waals surface area contributed by atoms with Gasteiger partial charge in [-0.2, -0.15) is 0 Å². The van der Waals surface area contributed by atoms with E-state index < -0.39 is 0 Å². The molecule has 0 spiro atoms. The van der Waals surface area contributed by atoms with Gasteiger partial charge in [-0.3, -0.25) is 0 Å². The minimum Gasteiger partial charge on any atom is -0.495 e. The number of rotatable bonds is 5. The number of nitrogens with one attached hydrogen (secondary N) is 1. The maximum absolute atomic E-state index is 13.9. The van der Waals surface area contributed by atoms with E-state index in [1.165, 1.54) is 11.8 Å². The molecule has 0 aliphatic rings. The molecule has 1 rings (SSSR count). The van der Waals surface area contributed by atoms with Crippen LogP contribution >= 0.6 is 11.8 Å². The highest BCUT2D eigenvalue weighted by molar-refractivity contribution is 7.98. The van der Waals surface area contributed by atoms with Gasteiger partial charge in [0.25, 0.3) is 0 Å². The van der Waals surface area contributed by atoms with Crippen LogP contribution in [-0.2, 0) is 6.42 Å². The van der Waals surface area contributed by atoms with E-state index in [9.17, 15) is 4.39 Å². The second-order valence-electron chi connectivity index (χ2n) is 3.13. The second kappa shape index (κ2) is 5.98. The zero-order valence-corrected chi connectivity index (χ0v) is 10.1. The van der Waals surface area contributed by atoms with Crippen molar-refractivity contribution in [3.63, 3.8) is 0 Å². The molecule has 1 aromatic carbocycles. The third-order valence-corrected chi connectivity index (χ3v) is 3.00. The fourth-order valence-electron chi connectivity index (χ4n) is 1.38. The fourth-order valence-corrected chi connectivity index (χ4v) is 2.05. The number of thioether (sulfide) groups is 1. The van der Waals surface area contributed by atoms with Crippen molar-refractivity contribution in [3.05, 3.63) is 23.5 Å². The van der Waals surface area contributed by atoms with E-state index in [1.54, 1.807) is 13.2 Å². The SMILES string of the molecule is CNCCc1ccc(OC)c(SC)c1F. The molecule has 0 radical (unpaired) electrons. The summed E-state index contributed by atoms with van der Waals surface area (Å²) in [6.45, 7) is 0.775. The molecule has 0 unspecified atom stereocenters. The Kier molecular flexibility index (Phi) is 4.91. The quantitative estimate of drug-likeness (QED) is 0.783. The topological polar surface area (TPSA) is 21.3 Å². The van der Waals surface area contributed by atoms with E-state index >= 15 is 0 Å². The molecule has 84 valence electrons. The van der Waals surface area contributed by atoms with Crippen molar-refractivity contribution in [2.45, 2.75) is 11.3 Å². The number of methoxy groups -OCH3 is 1. The largest absolute Gasteiger partial charge is 0.495 e. The van der Waals surface area contributed by atoms with E-state index in [2.05, 4.69) is 5.32 Å². The predicted octanol–water partition coefficient (Wildman–Crippen LogP) is 2.32. The molecule has 1 aromatic rings. The Morgan fingerprint density at radius 3 is 2.73 bits per heavy atom. The van der Waals surface area contributed by atoms with E-state index in [0.717, 1.165) is 12.1 Å². The molecule has 0 aromatic heterocycles. The summed E-state index contributed by atoms with van der Waals surface area (Å²) >= 11 is 1.37. The molecule has 0 amide bonds. The van der Waals surface area contributed by atoms with Gasteiger partial charge in [-0.1, -0.05) is 6.07 Å². The Bertz CT molecular complexity index is 331. The van der Waals surface area contributed by atoms with Crippen molar-refractivity contribution < 1.29 is 9.13 Å². The number of halogens is 1. The van der Waals surface area contributed by atoms with Gasteiger partial charge in [0.2, 0.25) is 0 Å². The number of likely N-dealkylation sites (N-methyl/N-ethyl adjacent to an activating group) is 1. The van der Waals surface area contributed by atoms with Gasteiger partial charge in [0, 0.05) is 0 Å². The molecule has 0 heterocycles. The lowest BCUT2D eigenvalue weighted by Gasteiger charge is -2.10. The predicted molar refractivity (Wildman–Crippen MR) is 62.4 cm³/mol. The summed E-state index contributed by atoms with van der Waals surface area (Å²) in [5.74, 6) is 0.449. The van der Waals surface area contributed by atoms with Crippen molar-refractivity contribution in [2.24, 2.45) is 0 Å². The lowest BCUT2D eigenvalue weighted by Crippen LogP contribution is -2.11. The molecular weight excluding hydrogens is 213 g/mol. The average Bonchev–Trinajstić information content (AvgIpc) is 2.27. The summed E-state index contributed by atoms with van der Waals surface area (Å²) in [7, 11) is 3.42. The summed E-state index contributed by atoms with van der Waals surface area (Å²) in [6.07, 6.45) is 2.54. The first kappa shape index (κ1) is 12.3. The average molecular weight is 229 g/mol. The molecule has 0 fully saturated rings. The Balaban J connectivity index is 3.00. The van der Waals surface area contributed by atoms with E-state index in [0.29, 0.717) is 17.1 Å². The lowest BCUT2D eigenvalue weighted by atomic mass is 10.1. The number of hydrogen-bond acceptors (Lipinski definition) is 3. The van der Waals surface area contributed by atoms with E-state index in [4.69, 9.17) is 4.74 Å². The first-order chi connectivity index (χ1) is 7.24. The van der Waals surface area contributed by atoms with Crippen LogP contribution in [0.2, 0.25) is 0 Å². The maximum Gasteiger partial charge on any atom is 0.143 e. The zero-order valence-electron chi connectivity index (χ0n) is 9.26. The first-order valence-corrected chi connectivity index (χ1v) is 6.01. The molecule has 1 N–H and O–H groups in total. The van der Waals surface area contributed by atoms with Gasteiger partial charge < -0.3 is 10.1 Å². The van der Waals surface area contributed by atoms with Crippen molar-refractivity contribution in [2.75, 3.05) is 27.0 Å². The standard InChI is InChI=1S/C11H16FNOS/c1-13-7-6-8-4-5-9(14-2)11(15-3)10(8)12/h4-5,13H,6-7H2,1-3H3. The highest BCUT2D eigenvalue weighted by atomic mass is 32.2. The zero-order chi connectivity index (χ0) is 11.3. The Morgan fingerprint density at radius 2 is 2.20 bits per heavy atom. The molecule has 0 saturated heterocycles. The third-order valence-electron chi connectivity index (χ3n) is 2.21.